The summed E-state index contributed by atoms with van der Waals surface area (Å²) in [6, 6.07) is 12.5. The number of urea groups is 1. The maximum Gasteiger partial charge on any atom is 0.319 e. The third-order valence-corrected chi connectivity index (χ3v) is 4.55. The van der Waals surface area contributed by atoms with Crippen LogP contribution in [0.15, 0.2) is 46.9 Å². The molecule has 6 heteroatoms. The minimum Gasteiger partial charge on any atom is -0.370 e. The van der Waals surface area contributed by atoms with Crippen LogP contribution in [0.2, 0.25) is 0 Å². The summed E-state index contributed by atoms with van der Waals surface area (Å²) in [6.45, 7) is 2.22. The van der Waals surface area contributed by atoms with Gasteiger partial charge in [-0.25, -0.2) is 9.18 Å². The summed E-state index contributed by atoms with van der Waals surface area (Å²) in [7, 11) is 0. The zero-order chi connectivity index (χ0) is 16.9. The van der Waals surface area contributed by atoms with E-state index in [2.05, 4.69) is 49.7 Å². The third-order valence-electron chi connectivity index (χ3n) is 4.05. The molecule has 1 heterocycles. The first-order chi connectivity index (χ1) is 11.6. The quantitative estimate of drug-likeness (QED) is 0.821. The number of nitrogens with zero attached hydrogens (tertiary/aromatic N) is 1. The van der Waals surface area contributed by atoms with Crippen LogP contribution in [0.5, 0.6) is 0 Å². The van der Waals surface area contributed by atoms with Crippen molar-refractivity contribution in [3.63, 3.8) is 0 Å². The molecule has 3 rings (SSSR count). The molecule has 0 spiro atoms. The minimum atomic E-state index is -0.468. The molecule has 24 heavy (non-hydrogen) atoms. The maximum atomic E-state index is 13.7. The van der Waals surface area contributed by atoms with E-state index in [1.165, 1.54) is 23.4 Å². The first kappa shape index (κ1) is 16.8. The van der Waals surface area contributed by atoms with E-state index in [1.807, 2.05) is 6.07 Å². The molecule has 1 aliphatic rings. The minimum absolute atomic E-state index is 0.166. The molecule has 0 radical (unpaired) electrons. The largest absolute Gasteiger partial charge is 0.370 e. The number of nitrogens with one attached hydrogen (secondary N) is 2. The molecule has 0 fully saturated rings. The molecule has 2 aromatic carbocycles. The van der Waals surface area contributed by atoms with Gasteiger partial charge in [-0.2, -0.15) is 0 Å². The van der Waals surface area contributed by atoms with E-state index in [1.54, 1.807) is 6.07 Å². The van der Waals surface area contributed by atoms with Crippen LogP contribution in [-0.2, 0) is 6.42 Å². The Balaban J connectivity index is 1.51. The highest BCUT2D eigenvalue weighted by Gasteiger charge is 2.16. The highest BCUT2D eigenvalue weighted by Crippen LogP contribution is 2.26. The second kappa shape index (κ2) is 7.66. The SMILES string of the molecule is O=C(NCCN1CCCc2ccccc21)Nc1ccc(Br)cc1F. The van der Waals surface area contributed by atoms with Gasteiger partial charge in [0, 0.05) is 29.8 Å². The number of fused-ring (bicyclic) bond motifs is 1. The summed E-state index contributed by atoms with van der Waals surface area (Å²) in [5, 5.41) is 5.31. The average molecular weight is 392 g/mol. The monoisotopic (exact) mass is 391 g/mol. The van der Waals surface area contributed by atoms with Crippen LogP contribution in [-0.4, -0.2) is 25.7 Å². The molecule has 1 aliphatic heterocycles. The first-order valence-corrected chi connectivity index (χ1v) is 8.75. The van der Waals surface area contributed by atoms with Gasteiger partial charge in [0.05, 0.1) is 5.69 Å². The molecule has 0 saturated carbocycles. The van der Waals surface area contributed by atoms with Gasteiger partial charge >= 0.3 is 6.03 Å². The van der Waals surface area contributed by atoms with E-state index < -0.39 is 11.8 Å². The zero-order valence-electron chi connectivity index (χ0n) is 13.2. The Hall–Kier alpha value is -2.08. The molecule has 2 aromatic rings. The van der Waals surface area contributed by atoms with Crippen molar-refractivity contribution in [3.05, 3.63) is 58.3 Å². The molecular formula is C18H19BrFN3O. The molecule has 2 amide bonds. The van der Waals surface area contributed by atoms with Crippen molar-refractivity contribution in [1.82, 2.24) is 5.32 Å². The van der Waals surface area contributed by atoms with E-state index in [0.29, 0.717) is 11.0 Å². The number of carbonyl (C=O) groups excluding carboxylic acids is 1. The molecule has 0 aliphatic carbocycles. The summed E-state index contributed by atoms with van der Waals surface area (Å²) in [6.07, 6.45) is 2.22. The summed E-state index contributed by atoms with van der Waals surface area (Å²) in [4.78, 5) is 14.2. The van der Waals surface area contributed by atoms with E-state index in [4.69, 9.17) is 0 Å². The summed E-state index contributed by atoms with van der Waals surface area (Å²) < 4.78 is 14.3. The number of carbonyl (C=O) groups is 1. The fraction of sp³-hybridized carbons (Fsp3) is 0.278. The molecule has 0 aromatic heterocycles. The Kier molecular flexibility index (Phi) is 5.35. The Morgan fingerprint density at radius 1 is 1.25 bits per heavy atom. The number of halogens is 2. The van der Waals surface area contributed by atoms with Crippen molar-refractivity contribution >= 4 is 33.3 Å². The lowest BCUT2D eigenvalue weighted by Gasteiger charge is -2.31. The van der Waals surface area contributed by atoms with E-state index >= 15 is 0 Å². The number of hydrogen-bond donors (Lipinski definition) is 2. The molecule has 4 nitrogen and oxygen atoms in total. The molecule has 126 valence electrons. The Morgan fingerprint density at radius 2 is 2.08 bits per heavy atom. The van der Waals surface area contributed by atoms with Gasteiger partial charge in [-0.05, 0) is 42.7 Å². The smallest absolute Gasteiger partial charge is 0.319 e. The normalized spacial score (nSPS) is 13.3. The highest BCUT2D eigenvalue weighted by molar-refractivity contribution is 9.10. The fourth-order valence-corrected chi connectivity index (χ4v) is 3.24. The van der Waals surface area contributed by atoms with Crippen LogP contribution in [0, 0.1) is 5.82 Å². The Bertz CT molecular complexity index is 738. The first-order valence-electron chi connectivity index (χ1n) is 7.96. The van der Waals surface area contributed by atoms with Crippen molar-refractivity contribution in [3.8, 4) is 0 Å². The second-order valence-corrected chi connectivity index (χ2v) is 6.64. The molecular weight excluding hydrogens is 373 g/mol. The van der Waals surface area contributed by atoms with Gasteiger partial charge in [0.2, 0.25) is 0 Å². The van der Waals surface area contributed by atoms with Gasteiger partial charge < -0.3 is 15.5 Å². The zero-order valence-corrected chi connectivity index (χ0v) is 14.8. The van der Waals surface area contributed by atoms with Crippen LogP contribution >= 0.6 is 15.9 Å². The van der Waals surface area contributed by atoms with Gasteiger partial charge in [-0.3, -0.25) is 0 Å². The van der Waals surface area contributed by atoms with Crippen molar-refractivity contribution in [2.24, 2.45) is 0 Å². The van der Waals surface area contributed by atoms with E-state index in [0.717, 1.165) is 25.9 Å². The van der Waals surface area contributed by atoms with E-state index in [-0.39, 0.29) is 5.69 Å². The van der Waals surface area contributed by atoms with Crippen LogP contribution in [0.25, 0.3) is 0 Å². The maximum absolute atomic E-state index is 13.7. The predicted molar refractivity (Wildman–Crippen MR) is 98.1 cm³/mol. The van der Waals surface area contributed by atoms with Crippen molar-refractivity contribution < 1.29 is 9.18 Å². The molecule has 0 saturated heterocycles. The number of hydrogen-bond acceptors (Lipinski definition) is 2. The van der Waals surface area contributed by atoms with Gasteiger partial charge in [-0.1, -0.05) is 34.1 Å². The number of benzene rings is 2. The fourth-order valence-electron chi connectivity index (χ4n) is 2.91. The number of para-hydroxylation sites is 1. The lowest BCUT2D eigenvalue weighted by atomic mass is 10.0. The molecule has 2 N–H and O–H groups in total. The molecule has 0 bridgehead atoms. The van der Waals surface area contributed by atoms with E-state index in [9.17, 15) is 9.18 Å². The standard InChI is InChI=1S/C18H19BrFN3O/c19-14-7-8-16(15(20)12-14)22-18(24)21-9-11-23-10-3-5-13-4-1-2-6-17(13)23/h1-2,4,6-8,12H,3,5,9-11H2,(H2,21,22,24). The summed E-state index contributed by atoms with van der Waals surface area (Å²) in [5.41, 5.74) is 2.76. The number of amides is 2. The average Bonchev–Trinajstić information content (AvgIpc) is 2.58. The lowest BCUT2D eigenvalue weighted by Crippen LogP contribution is -2.39. The van der Waals surface area contributed by atoms with Gasteiger partial charge in [0.15, 0.2) is 0 Å². The van der Waals surface area contributed by atoms with Crippen LogP contribution in [0.4, 0.5) is 20.6 Å². The van der Waals surface area contributed by atoms with Gasteiger partial charge in [-0.15, -0.1) is 0 Å². The predicted octanol–water partition coefficient (Wildman–Crippen LogP) is 4.16. The molecule has 0 unspecified atom stereocenters. The van der Waals surface area contributed by atoms with Crippen molar-refractivity contribution in [1.29, 1.82) is 0 Å². The summed E-state index contributed by atoms with van der Waals surface area (Å²) in [5.74, 6) is -0.468. The topological polar surface area (TPSA) is 44.4 Å². The number of anilines is 2. The lowest BCUT2D eigenvalue weighted by molar-refractivity contribution is 0.252. The number of rotatable bonds is 4. The van der Waals surface area contributed by atoms with Crippen LogP contribution in [0.1, 0.15) is 12.0 Å². The highest BCUT2D eigenvalue weighted by atomic mass is 79.9. The van der Waals surface area contributed by atoms with Crippen LogP contribution in [0.3, 0.4) is 0 Å². The number of aryl methyl sites for hydroxylation is 1. The van der Waals surface area contributed by atoms with Crippen LogP contribution < -0.4 is 15.5 Å². The second-order valence-electron chi connectivity index (χ2n) is 5.72. The third kappa shape index (κ3) is 4.06. The van der Waals surface area contributed by atoms with Gasteiger partial charge in [0.25, 0.3) is 0 Å². The van der Waals surface area contributed by atoms with Gasteiger partial charge in [0.1, 0.15) is 5.82 Å². The molecule has 0 atom stereocenters. The van der Waals surface area contributed by atoms with Crippen molar-refractivity contribution in [2.45, 2.75) is 12.8 Å². The van der Waals surface area contributed by atoms with Crippen molar-refractivity contribution in [2.75, 3.05) is 29.9 Å². The summed E-state index contributed by atoms with van der Waals surface area (Å²) >= 11 is 3.19. The Morgan fingerprint density at radius 3 is 2.92 bits per heavy atom. The Labute approximate surface area is 149 Å².